The summed E-state index contributed by atoms with van der Waals surface area (Å²) in [6.45, 7) is 7.17. The van der Waals surface area contributed by atoms with Crippen molar-refractivity contribution in [1.82, 2.24) is 15.5 Å². The largest absolute Gasteiger partial charge is 0.466 e. The quantitative estimate of drug-likeness (QED) is 0.820. The molecule has 0 bridgehead atoms. The van der Waals surface area contributed by atoms with Gasteiger partial charge in [0.05, 0.1) is 5.56 Å². The molecule has 1 aliphatic rings. The van der Waals surface area contributed by atoms with Crippen LogP contribution in [0.15, 0.2) is 4.42 Å². The average molecular weight is 279 g/mol. The number of hydrogen-bond acceptors (Lipinski definition) is 4. The van der Waals surface area contributed by atoms with Gasteiger partial charge in [-0.05, 0) is 20.8 Å². The summed E-state index contributed by atoms with van der Waals surface area (Å²) in [5, 5.41) is 5.75. The van der Waals surface area contributed by atoms with Crippen LogP contribution in [-0.2, 0) is 4.79 Å². The Balaban J connectivity index is 2.32. The molecular weight excluding hydrogens is 258 g/mol. The van der Waals surface area contributed by atoms with E-state index < -0.39 is 6.04 Å². The molecule has 0 aromatic carbocycles. The van der Waals surface area contributed by atoms with E-state index >= 15 is 0 Å². The normalized spacial score (nSPS) is 19.0. The summed E-state index contributed by atoms with van der Waals surface area (Å²) in [4.78, 5) is 26.3. The summed E-state index contributed by atoms with van der Waals surface area (Å²) in [6.07, 6.45) is 0. The number of carbonyl (C=O) groups excluding carboxylic acids is 2. The molecule has 1 aliphatic heterocycles. The zero-order valence-electron chi connectivity index (χ0n) is 12.4. The van der Waals surface area contributed by atoms with Crippen LogP contribution in [0.4, 0.5) is 0 Å². The maximum absolute atomic E-state index is 12.7. The third-order valence-corrected chi connectivity index (χ3v) is 3.83. The molecule has 20 heavy (non-hydrogen) atoms. The Labute approximate surface area is 118 Å². The Morgan fingerprint density at radius 3 is 2.55 bits per heavy atom. The van der Waals surface area contributed by atoms with Gasteiger partial charge in [0, 0.05) is 32.2 Å². The van der Waals surface area contributed by atoms with Crippen LogP contribution in [-0.4, -0.2) is 49.4 Å². The van der Waals surface area contributed by atoms with Crippen LogP contribution < -0.4 is 10.6 Å². The molecule has 0 saturated carbocycles. The van der Waals surface area contributed by atoms with E-state index in [-0.39, 0.29) is 11.8 Å². The van der Waals surface area contributed by atoms with Crippen molar-refractivity contribution in [3.63, 3.8) is 0 Å². The van der Waals surface area contributed by atoms with E-state index in [9.17, 15) is 9.59 Å². The Bertz CT molecular complexity index is 536. The zero-order valence-corrected chi connectivity index (χ0v) is 12.4. The van der Waals surface area contributed by atoms with Gasteiger partial charge in [-0.2, -0.15) is 0 Å². The minimum Gasteiger partial charge on any atom is -0.466 e. The predicted molar refractivity (Wildman–Crippen MR) is 74.7 cm³/mol. The lowest BCUT2D eigenvalue weighted by Crippen LogP contribution is -2.59. The van der Waals surface area contributed by atoms with Gasteiger partial charge in [0.25, 0.3) is 5.91 Å². The molecule has 6 nitrogen and oxygen atoms in total. The third-order valence-electron chi connectivity index (χ3n) is 3.83. The molecule has 1 aromatic heterocycles. The van der Waals surface area contributed by atoms with Gasteiger partial charge in [-0.25, -0.2) is 0 Å². The smallest absolute Gasteiger partial charge is 0.258 e. The summed E-state index contributed by atoms with van der Waals surface area (Å²) in [5.74, 6) is 1.07. The van der Waals surface area contributed by atoms with E-state index in [0.717, 1.165) is 11.3 Å². The Morgan fingerprint density at radius 2 is 2.00 bits per heavy atom. The lowest BCUT2D eigenvalue weighted by Gasteiger charge is -2.35. The summed E-state index contributed by atoms with van der Waals surface area (Å²) < 4.78 is 5.52. The van der Waals surface area contributed by atoms with Crippen LogP contribution in [0.2, 0.25) is 0 Å². The molecule has 110 valence electrons. The fourth-order valence-corrected chi connectivity index (χ4v) is 2.60. The van der Waals surface area contributed by atoms with E-state index in [1.807, 2.05) is 13.8 Å². The van der Waals surface area contributed by atoms with Crippen LogP contribution in [0.25, 0.3) is 0 Å². The summed E-state index contributed by atoms with van der Waals surface area (Å²) >= 11 is 0. The lowest BCUT2D eigenvalue weighted by atomic mass is 10.1. The molecule has 0 radical (unpaired) electrons. The lowest BCUT2D eigenvalue weighted by molar-refractivity contribution is -0.125. The van der Waals surface area contributed by atoms with Crippen LogP contribution in [0.1, 0.15) is 27.4 Å². The number of likely N-dealkylation sites (N-methyl/N-ethyl adjacent to an activating group) is 1. The Hall–Kier alpha value is -1.82. The monoisotopic (exact) mass is 279 g/mol. The van der Waals surface area contributed by atoms with E-state index in [2.05, 4.69) is 10.6 Å². The highest BCUT2D eigenvalue weighted by Gasteiger charge is 2.34. The molecule has 1 atom stereocenters. The van der Waals surface area contributed by atoms with Gasteiger partial charge in [0.15, 0.2) is 0 Å². The minimum atomic E-state index is -0.477. The first-order valence-electron chi connectivity index (χ1n) is 6.77. The van der Waals surface area contributed by atoms with Crippen molar-refractivity contribution >= 4 is 11.8 Å². The molecule has 2 N–H and O–H groups in total. The highest BCUT2D eigenvalue weighted by atomic mass is 16.3. The SMILES string of the molecule is CNC(=O)C1CNCCN1C(=O)c1c(C)oc(C)c1C. The maximum Gasteiger partial charge on any atom is 0.258 e. The van der Waals surface area contributed by atoms with Crippen molar-refractivity contribution in [2.24, 2.45) is 0 Å². The standard InChI is InChI=1S/C14H21N3O3/c1-8-9(2)20-10(3)12(8)14(19)17-6-5-16-7-11(17)13(18)15-4/h11,16H,5-7H2,1-4H3,(H,15,18). The van der Waals surface area contributed by atoms with Crippen LogP contribution in [0.5, 0.6) is 0 Å². The van der Waals surface area contributed by atoms with Crippen LogP contribution in [0.3, 0.4) is 0 Å². The van der Waals surface area contributed by atoms with E-state index in [0.29, 0.717) is 31.0 Å². The molecule has 1 aromatic rings. The number of carbonyl (C=O) groups is 2. The molecule has 0 aliphatic carbocycles. The molecule has 1 unspecified atom stereocenters. The van der Waals surface area contributed by atoms with Gasteiger partial charge in [-0.3, -0.25) is 9.59 Å². The molecule has 2 rings (SSSR count). The van der Waals surface area contributed by atoms with E-state index in [1.54, 1.807) is 18.9 Å². The second-order valence-electron chi connectivity index (χ2n) is 5.05. The zero-order chi connectivity index (χ0) is 14.9. The van der Waals surface area contributed by atoms with Gasteiger partial charge in [-0.15, -0.1) is 0 Å². The van der Waals surface area contributed by atoms with E-state index in [1.165, 1.54) is 0 Å². The third kappa shape index (κ3) is 2.43. The first-order valence-corrected chi connectivity index (χ1v) is 6.77. The van der Waals surface area contributed by atoms with Gasteiger partial charge in [0.1, 0.15) is 17.6 Å². The number of nitrogens with one attached hydrogen (secondary N) is 2. The molecule has 1 saturated heterocycles. The second kappa shape index (κ2) is 5.66. The summed E-state index contributed by atoms with van der Waals surface area (Å²) in [6, 6.07) is -0.477. The predicted octanol–water partition coefficient (Wildman–Crippen LogP) is 0.365. The number of furan rings is 1. The Kier molecular flexibility index (Phi) is 4.13. The van der Waals surface area contributed by atoms with Crippen molar-refractivity contribution < 1.29 is 14.0 Å². The number of piperazine rings is 1. The Morgan fingerprint density at radius 1 is 1.30 bits per heavy atom. The molecule has 2 heterocycles. The molecule has 6 heteroatoms. The van der Waals surface area contributed by atoms with E-state index in [4.69, 9.17) is 4.42 Å². The van der Waals surface area contributed by atoms with Gasteiger partial charge in [-0.1, -0.05) is 0 Å². The van der Waals surface area contributed by atoms with Crippen LogP contribution in [0, 0.1) is 20.8 Å². The molecule has 0 spiro atoms. The first-order chi connectivity index (χ1) is 9.47. The maximum atomic E-state index is 12.7. The number of amides is 2. The number of rotatable bonds is 2. The summed E-state index contributed by atoms with van der Waals surface area (Å²) in [5.41, 5.74) is 1.43. The molecule has 1 fully saturated rings. The number of hydrogen-bond donors (Lipinski definition) is 2. The fourth-order valence-electron chi connectivity index (χ4n) is 2.60. The highest BCUT2D eigenvalue weighted by molar-refractivity contribution is 5.99. The average Bonchev–Trinajstić information content (AvgIpc) is 2.70. The highest BCUT2D eigenvalue weighted by Crippen LogP contribution is 2.23. The van der Waals surface area contributed by atoms with Crippen molar-refractivity contribution in [2.45, 2.75) is 26.8 Å². The number of nitrogens with zero attached hydrogens (tertiary/aromatic N) is 1. The van der Waals surface area contributed by atoms with Crippen molar-refractivity contribution in [3.8, 4) is 0 Å². The van der Waals surface area contributed by atoms with Gasteiger partial charge < -0.3 is 20.0 Å². The van der Waals surface area contributed by atoms with Crippen molar-refractivity contribution in [3.05, 3.63) is 22.6 Å². The number of aryl methyl sites for hydroxylation is 2. The first kappa shape index (κ1) is 14.6. The van der Waals surface area contributed by atoms with Gasteiger partial charge >= 0.3 is 0 Å². The summed E-state index contributed by atoms with van der Waals surface area (Å²) in [7, 11) is 1.58. The topological polar surface area (TPSA) is 74.6 Å². The second-order valence-corrected chi connectivity index (χ2v) is 5.05. The minimum absolute atomic E-state index is 0.132. The van der Waals surface area contributed by atoms with Crippen molar-refractivity contribution in [1.29, 1.82) is 0 Å². The fraction of sp³-hybridized carbons (Fsp3) is 0.571. The van der Waals surface area contributed by atoms with Gasteiger partial charge in [0.2, 0.25) is 5.91 Å². The van der Waals surface area contributed by atoms with Crippen LogP contribution >= 0.6 is 0 Å². The van der Waals surface area contributed by atoms with Crippen molar-refractivity contribution in [2.75, 3.05) is 26.7 Å². The molecular formula is C14H21N3O3. The molecule has 2 amide bonds.